The maximum absolute atomic E-state index is 13.7. The molecule has 1 aromatic rings. The Morgan fingerprint density at radius 2 is 2.00 bits per heavy atom. The zero-order valence-electron chi connectivity index (χ0n) is 14.0. The first-order valence-electron chi connectivity index (χ1n) is 7.71. The topological polar surface area (TPSA) is 29.5 Å². The third-order valence-electron chi connectivity index (χ3n) is 3.83. The van der Waals surface area contributed by atoms with Crippen LogP contribution < -0.4 is 0 Å². The SMILES string of the molecule is C=C(C)[C@H]1CC[C@@H](c2cc(F)cc(Cl)c2)N1C(=O)OC(C)(C)C. The number of amides is 1. The van der Waals surface area contributed by atoms with Gasteiger partial charge in [-0.1, -0.05) is 23.8 Å². The van der Waals surface area contributed by atoms with E-state index in [9.17, 15) is 9.18 Å². The van der Waals surface area contributed by atoms with Gasteiger partial charge in [0.2, 0.25) is 0 Å². The molecule has 3 nitrogen and oxygen atoms in total. The highest BCUT2D eigenvalue weighted by Crippen LogP contribution is 2.40. The Balaban J connectivity index is 2.37. The van der Waals surface area contributed by atoms with E-state index in [0.29, 0.717) is 10.6 Å². The summed E-state index contributed by atoms with van der Waals surface area (Å²) in [6, 6.07) is 4.01. The predicted octanol–water partition coefficient (Wildman–Crippen LogP) is 5.50. The molecule has 0 aromatic heterocycles. The Labute approximate surface area is 142 Å². The van der Waals surface area contributed by atoms with Crippen LogP contribution in [0.5, 0.6) is 0 Å². The lowest BCUT2D eigenvalue weighted by molar-refractivity contribution is 0.0170. The van der Waals surface area contributed by atoms with E-state index < -0.39 is 17.5 Å². The van der Waals surface area contributed by atoms with E-state index in [1.54, 1.807) is 11.0 Å². The van der Waals surface area contributed by atoms with Gasteiger partial charge in [0.25, 0.3) is 0 Å². The van der Waals surface area contributed by atoms with Crippen LogP contribution in [0.4, 0.5) is 9.18 Å². The van der Waals surface area contributed by atoms with Crippen LogP contribution in [-0.2, 0) is 4.74 Å². The van der Waals surface area contributed by atoms with Crippen LogP contribution in [0.2, 0.25) is 5.02 Å². The fourth-order valence-electron chi connectivity index (χ4n) is 2.96. The van der Waals surface area contributed by atoms with Crippen molar-refractivity contribution in [3.05, 3.63) is 46.8 Å². The van der Waals surface area contributed by atoms with E-state index in [0.717, 1.165) is 18.4 Å². The third kappa shape index (κ3) is 4.25. The van der Waals surface area contributed by atoms with E-state index in [-0.39, 0.29) is 12.1 Å². The molecule has 0 N–H and O–H groups in total. The summed E-state index contributed by atoms with van der Waals surface area (Å²) in [7, 11) is 0. The lowest BCUT2D eigenvalue weighted by Gasteiger charge is -2.33. The van der Waals surface area contributed by atoms with Crippen molar-refractivity contribution in [2.24, 2.45) is 0 Å². The van der Waals surface area contributed by atoms with Crippen molar-refractivity contribution in [3.63, 3.8) is 0 Å². The van der Waals surface area contributed by atoms with Crippen LogP contribution in [-0.4, -0.2) is 22.6 Å². The Kier molecular flexibility index (Phi) is 5.04. The number of nitrogens with zero attached hydrogens (tertiary/aromatic N) is 1. The Hall–Kier alpha value is -1.55. The highest BCUT2D eigenvalue weighted by molar-refractivity contribution is 6.30. The molecule has 2 atom stereocenters. The summed E-state index contributed by atoms with van der Waals surface area (Å²) in [6.07, 6.45) is 1.08. The van der Waals surface area contributed by atoms with Gasteiger partial charge in [0.15, 0.2) is 0 Å². The molecule has 0 radical (unpaired) electrons. The van der Waals surface area contributed by atoms with Crippen LogP contribution in [0.3, 0.4) is 0 Å². The molecule has 0 saturated carbocycles. The van der Waals surface area contributed by atoms with E-state index >= 15 is 0 Å². The molecule has 1 aliphatic heterocycles. The van der Waals surface area contributed by atoms with Crippen molar-refractivity contribution in [2.75, 3.05) is 0 Å². The van der Waals surface area contributed by atoms with Gasteiger partial charge in [0, 0.05) is 5.02 Å². The van der Waals surface area contributed by atoms with Gasteiger partial charge < -0.3 is 4.74 Å². The first-order chi connectivity index (χ1) is 10.6. The van der Waals surface area contributed by atoms with Gasteiger partial charge in [-0.15, -0.1) is 0 Å². The molecular weight excluding hydrogens is 317 g/mol. The number of hydrogen-bond acceptors (Lipinski definition) is 2. The number of halogens is 2. The van der Waals surface area contributed by atoms with Crippen molar-refractivity contribution in [2.45, 2.75) is 58.2 Å². The van der Waals surface area contributed by atoms with Crippen LogP contribution in [0.1, 0.15) is 52.1 Å². The molecule has 1 saturated heterocycles. The Bertz CT molecular complexity index is 604. The Morgan fingerprint density at radius 3 is 2.52 bits per heavy atom. The first-order valence-corrected chi connectivity index (χ1v) is 8.09. The quantitative estimate of drug-likeness (QED) is 0.666. The zero-order chi connectivity index (χ0) is 17.4. The number of carbonyl (C=O) groups is 1. The normalized spacial score (nSPS) is 21.4. The smallest absolute Gasteiger partial charge is 0.411 e. The highest BCUT2D eigenvalue weighted by atomic mass is 35.5. The van der Waals surface area contributed by atoms with Gasteiger partial charge >= 0.3 is 6.09 Å². The molecule has 5 heteroatoms. The molecule has 1 aliphatic rings. The molecule has 0 bridgehead atoms. The second-order valence-corrected chi connectivity index (χ2v) is 7.48. The van der Waals surface area contributed by atoms with Crippen molar-refractivity contribution in [1.29, 1.82) is 0 Å². The number of rotatable bonds is 2. The number of ether oxygens (including phenoxy) is 1. The Morgan fingerprint density at radius 1 is 1.35 bits per heavy atom. The van der Waals surface area contributed by atoms with Crippen LogP contribution in [0.25, 0.3) is 0 Å². The van der Waals surface area contributed by atoms with Crippen LogP contribution >= 0.6 is 11.6 Å². The minimum Gasteiger partial charge on any atom is -0.444 e. The molecule has 0 unspecified atom stereocenters. The van der Waals surface area contributed by atoms with Crippen molar-refractivity contribution in [1.82, 2.24) is 4.90 Å². The van der Waals surface area contributed by atoms with Crippen LogP contribution in [0.15, 0.2) is 30.4 Å². The minimum atomic E-state index is -0.594. The van der Waals surface area contributed by atoms with E-state index in [2.05, 4.69) is 6.58 Å². The molecular formula is C18H23ClFNO2. The summed E-state index contributed by atoms with van der Waals surface area (Å²) in [4.78, 5) is 14.3. The molecule has 23 heavy (non-hydrogen) atoms. The van der Waals surface area contributed by atoms with Gasteiger partial charge in [-0.05, 0) is 64.3 Å². The standard InChI is InChI=1S/C18H23ClFNO2/c1-11(2)15-6-7-16(12-8-13(19)10-14(20)9-12)21(15)17(22)23-18(3,4)5/h8-10,15-16H,1,6-7H2,2-5H3/t15-,16+/m1/s1. The van der Waals surface area contributed by atoms with Crippen LogP contribution in [0, 0.1) is 5.82 Å². The average molecular weight is 340 g/mol. The number of benzene rings is 1. The summed E-state index contributed by atoms with van der Waals surface area (Å²) in [5.41, 5.74) is 0.981. The monoisotopic (exact) mass is 339 g/mol. The summed E-state index contributed by atoms with van der Waals surface area (Å²) in [5, 5.41) is 0.322. The molecule has 126 valence electrons. The number of likely N-dealkylation sites (tertiary alicyclic amines) is 1. The van der Waals surface area contributed by atoms with E-state index in [1.165, 1.54) is 12.1 Å². The molecule has 0 aliphatic carbocycles. The molecule has 1 aromatic carbocycles. The van der Waals surface area contributed by atoms with E-state index in [4.69, 9.17) is 16.3 Å². The summed E-state index contributed by atoms with van der Waals surface area (Å²) < 4.78 is 19.2. The third-order valence-corrected chi connectivity index (χ3v) is 4.05. The number of carbonyl (C=O) groups excluding carboxylic acids is 1. The summed E-state index contributed by atoms with van der Waals surface area (Å²) in [6.45, 7) is 11.3. The maximum Gasteiger partial charge on any atom is 0.411 e. The van der Waals surface area contributed by atoms with Gasteiger partial charge in [0.05, 0.1) is 12.1 Å². The fourth-order valence-corrected chi connectivity index (χ4v) is 3.19. The maximum atomic E-state index is 13.7. The first kappa shape index (κ1) is 17.8. The molecule has 1 amide bonds. The average Bonchev–Trinajstić information content (AvgIpc) is 2.80. The second kappa shape index (κ2) is 6.52. The van der Waals surface area contributed by atoms with Gasteiger partial charge in [0.1, 0.15) is 11.4 Å². The van der Waals surface area contributed by atoms with Gasteiger partial charge in [-0.2, -0.15) is 0 Å². The van der Waals surface area contributed by atoms with E-state index in [1.807, 2.05) is 27.7 Å². The summed E-state index contributed by atoms with van der Waals surface area (Å²) >= 11 is 5.97. The largest absolute Gasteiger partial charge is 0.444 e. The fraction of sp³-hybridized carbons (Fsp3) is 0.500. The zero-order valence-corrected chi connectivity index (χ0v) is 14.8. The minimum absolute atomic E-state index is 0.114. The molecule has 2 rings (SSSR count). The lowest BCUT2D eigenvalue weighted by Crippen LogP contribution is -2.41. The molecule has 0 spiro atoms. The van der Waals surface area contributed by atoms with Gasteiger partial charge in [-0.3, -0.25) is 4.90 Å². The highest BCUT2D eigenvalue weighted by Gasteiger charge is 2.40. The second-order valence-electron chi connectivity index (χ2n) is 7.05. The van der Waals surface area contributed by atoms with Crippen molar-refractivity contribution >= 4 is 17.7 Å². The summed E-state index contributed by atoms with van der Waals surface area (Å²) in [5.74, 6) is -0.407. The number of hydrogen-bond donors (Lipinski definition) is 0. The predicted molar refractivity (Wildman–Crippen MR) is 90.1 cm³/mol. The lowest BCUT2D eigenvalue weighted by atomic mass is 10.0. The van der Waals surface area contributed by atoms with Gasteiger partial charge in [-0.25, -0.2) is 9.18 Å². The molecule has 1 heterocycles. The van der Waals surface area contributed by atoms with Crippen molar-refractivity contribution < 1.29 is 13.9 Å². The van der Waals surface area contributed by atoms with Crippen molar-refractivity contribution in [3.8, 4) is 0 Å². The molecule has 1 fully saturated rings.